The van der Waals surface area contributed by atoms with E-state index in [2.05, 4.69) is 23.4 Å². The second-order valence-electron chi connectivity index (χ2n) is 4.60. The lowest BCUT2D eigenvalue weighted by Gasteiger charge is -2.22. The number of hydrogen-bond acceptors (Lipinski definition) is 3. The van der Waals surface area contributed by atoms with Gasteiger partial charge in [-0.3, -0.25) is 8.89 Å². The van der Waals surface area contributed by atoms with Gasteiger partial charge in [0, 0.05) is 41.4 Å². The van der Waals surface area contributed by atoms with Crippen molar-refractivity contribution in [1.29, 1.82) is 0 Å². The first kappa shape index (κ1) is 12.8. The third kappa shape index (κ3) is 3.39. The van der Waals surface area contributed by atoms with Crippen LogP contribution < -0.4 is 5.32 Å². The zero-order chi connectivity index (χ0) is 12.3. The first-order chi connectivity index (χ1) is 8.19. The lowest BCUT2D eigenvalue weighted by Crippen LogP contribution is -2.35. The molecule has 1 aromatic rings. The summed E-state index contributed by atoms with van der Waals surface area (Å²) in [4.78, 5) is 0. The number of nitrogens with zero attached hydrogens (tertiary/aromatic N) is 2. The van der Waals surface area contributed by atoms with Crippen LogP contribution >= 0.6 is 0 Å². The van der Waals surface area contributed by atoms with E-state index in [1.807, 2.05) is 11.6 Å². The largest absolute Gasteiger partial charge is 0.308 e. The van der Waals surface area contributed by atoms with E-state index in [9.17, 15) is 4.21 Å². The molecule has 96 valence electrons. The van der Waals surface area contributed by atoms with Crippen LogP contribution in [0.2, 0.25) is 0 Å². The monoisotopic (exact) mass is 255 g/mol. The summed E-state index contributed by atoms with van der Waals surface area (Å²) in [5, 5.41) is 7.98. The minimum Gasteiger partial charge on any atom is -0.308 e. The number of aryl methyl sites for hydroxylation is 2. The van der Waals surface area contributed by atoms with E-state index in [4.69, 9.17) is 0 Å². The van der Waals surface area contributed by atoms with E-state index in [0.717, 1.165) is 43.1 Å². The maximum Gasteiger partial charge on any atom is 0.0597 e. The van der Waals surface area contributed by atoms with Gasteiger partial charge in [0.1, 0.15) is 0 Å². The van der Waals surface area contributed by atoms with E-state index in [1.165, 1.54) is 5.69 Å². The van der Waals surface area contributed by atoms with E-state index >= 15 is 0 Å². The first-order valence-electron chi connectivity index (χ1n) is 6.30. The van der Waals surface area contributed by atoms with E-state index in [-0.39, 0.29) is 0 Å². The van der Waals surface area contributed by atoms with Crippen LogP contribution in [0.25, 0.3) is 0 Å². The molecule has 2 heterocycles. The van der Waals surface area contributed by atoms with Gasteiger partial charge in [0.15, 0.2) is 0 Å². The highest BCUT2D eigenvalue weighted by Gasteiger charge is 2.17. The maximum atomic E-state index is 11.3. The van der Waals surface area contributed by atoms with Gasteiger partial charge in [-0.1, -0.05) is 0 Å². The van der Waals surface area contributed by atoms with Crippen LogP contribution in [0.1, 0.15) is 31.2 Å². The molecule has 4 nitrogen and oxygen atoms in total. The fourth-order valence-electron chi connectivity index (χ4n) is 2.26. The molecule has 2 rings (SSSR count). The molecule has 1 aromatic heterocycles. The van der Waals surface area contributed by atoms with E-state index in [0.29, 0.717) is 6.04 Å². The van der Waals surface area contributed by atoms with Gasteiger partial charge in [0.05, 0.1) is 11.4 Å². The van der Waals surface area contributed by atoms with Gasteiger partial charge in [-0.2, -0.15) is 5.10 Å². The Balaban J connectivity index is 1.86. The zero-order valence-corrected chi connectivity index (χ0v) is 11.4. The molecular weight excluding hydrogens is 234 g/mol. The smallest absolute Gasteiger partial charge is 0.0597 e. The van der Waals surface area contributed by atoms with Gasteiger partial charge in [-0.25, -0.2) is 0 Å². The van der Waals surface area contributed by atoms with Gasteiger partial charge in [-0.15, -0.1) is 0 Å². The third-order valence-electron chi connectivity index (χ3n) is 3.24. The van der Waals surface area contributed by atoms with Crippen LogP contribution in [0.4, 0.5) is 0 Å². The highest BCUT2D eigenvalue weighted by molar-refractivity contribution is 7.85. The summed E-state index contributed by atoms with van der Waals surface area (Å²) in [6.07, 6.45) is 2.07. The second kappa shape index (κ2) is 5.78. The maximum absolute atomic E-state index is 11.3. The summed E-state index contributed by atoms with van der Waals surface area (Å²) in [5.41, 5.74) is 2.32. The van der Waals surface area contributed by atoms with Crippen LogP contribution in [0.5, 0.6) is 0 Å². The number of hydrogen-bond donors (Lipinski definition) is 1. The highest BCUT2D eigenvalue weighted by atomic mass is 32.2. The summed E-state index contributed by atoms with van der Waals surface area (Å²) in [5.74, 6) is 1.70. The predicted molar refractivity (Wildman–Crippen MR) is 70.4 cm³/mol. The average Bonchev–Trinajstić information content (AvgIpc) is 2.69. The van der Waals surface area contributed by atoms with Crippen molar-refractivity contribution < 1.29 is 4.21 Å². The van der Waals surface area contributed by atoms with Crippen LogP contribution in [0.15, 0.2) is 6.07 Å². The molecule has 0 radical (unpaired) electrons. The van der Waals surface area contributed by atoms with Gasteiger partial charge in [0.25, 0.3) is 0 Å². The van der Waals surface area contributed by atoms with E-state index in [1.54, 1.807) is 0 Å². The molecule has 17 heavy (non-hydrogen) atoms. The van der Waals surface area contributed by atoms with Gasteiger partial charge < -0.3 is 5.32 Å². The van der Waals surface area contributed by atoms with Crippen LogP contribution in [0.3, 0.4) is 0 Å². The van der Waals surface area contributed by atoms with Crippen LogP contribution in [-0.2, 0) is 23.9 Å². The Morgan fingerprint density at radius 3 is 2.88 bits per heavy atom. The Kier molecular flexibility index (Phi) is 4.34. The molecule has 1 aliphatic heterocycles. The molecule has 0 saturated carbocycles. The third-order valence-corrected chi connectivity index (χ3v) is 4.63. The quantitative estimate of drug-likeness (QED) is 0.880. The Hall–Kier alpha value is -0.680. The average molecular weight is 255 g/mol. The molecule has 1 N–H and O–H groups in total. The summed E-state index contributed by atoms with van der Waals surface area (Å²) < 4.78 is 13.3. The van der Waals surface area contributed by atoms with Crippen molar-refractivity contribution in [3.63, 3.8) is 0 Å². The molecule has 0 spiro atoms. The standard InChI is InChI=1S/C12H21N3OS/c1-3-15-12(8-10(2)14-15)9-13-11-4-6-17(16)7-5-11/h8,11,13H,3-7,9H2,1-2H3. The molecule has 0 unspecified atom stereocenters. The Morgan fingerprint density at radius 1 is 1.53 bits per heavy atom. The molecule has 1 fully saturated rings. The summed E-state index contributed by atoms with van der Waals surface area (Å²) in [6, 6.07) is 2.66. The van der Waals surface area contributed by atoms with Gasteiger partial charge in [0.2, 0.25) is 0 Å². The summed E-state index contributed by atoms with van der Waals surface area (Å²) in [6.45, 7) is 5.92. The minimum absolute atomic E-state index is 0.521. The molecule has 1 saturated heterocycles. The predicted octanol–water partition coefficient (Wildman–Crippen LogP) is 1.21. The van der Waals surface area contributed by atoms with Crippen LogP contribution in [-0.4, -0.2) is 31.5 Å². The summed E-state index contributed by atoms with van der Waals surface area (Å²) in [7, 11) is -0.568. The zero-order valence-electron chi connectivity index (χ0n) is 10.6. The van der Waals surface area contributed by atoms with Gasteiger partial charge in [-0.05, 0) is 32.8 Å². The van der Waals surface area contributed by atoms with Crippen molar-refractivity contribution in [2.24, 2.45) is 0 Å². The number of nitrogens with one attached hydrogen (secondary N) is 1. The fourth-order valence-corrected chi connectivity index (χ4v) is 3.56. The lowest BCUT2D eigenvalue weighted by molar-refractivity contribution is 0.460. The normalized spacial score (nSPS) is 25.1. The van der Waals surface area contributed by atoms with Crippen LogP contribution in [0, 0.1) is 6.92 Å². The molecule has 1 aliphatic rings. The molecule has 0 atom stereocenters. The SMILES string of the molecule is CCn1nc(C)cc1CNC1CCS(=O)CC1. The first-order valence-corrected chi connectivity index (χ1v) is 7.79. The molecule has 5 heteroatoms. The molecule has 0 bridgehead atoms. The van der Waals surface area contributed by atoms with Crippen molar-refractivity contribution >= 4 is 10.8 Å². The Labute approximate surface area is 105 Å². The van der Waals surface area contributed by atoms with Crippen molar-refractivity contribution in [2.45, 2.75) is 45.8 Å². The van der Waals surface area contributed by atoms with Crippen molar-refractivity contribution in [3.8, 4) is 0 Å². The Bertz CT molecular complexity index is 392. The topological polar surface area (TPSA) is 46.9 Å². The highest BCUT2D eigenvalue weighted by Crippen LogP contribution is 2.11. The molecule has 0 aromatic carbocycles. The summed E-state index contributed by atoms with van der Waals surface area (Å²) >= 11 is 0. The van der Waals surface area contributed by atoms with E-state index < -0.39 is 10.8 Å². The molecule has 0 amide bonds. The number of aromatic nitrogens is 2. The lowest BCUT2D eigenvalue weighted by atomic mass is 10.1. The van der Waals surface area contributed by atoms with Gasteiger partial charge >= 0.3 is 0 Å². The minimum atomic E-state index is -0.568. The molecular formula is C12H21N3OS. The van der Waals surface area contributed by atoms with Crippen molar-refractivity contribution in [3.05, 3.63) is 17.5 Å². The fraction of sp³-hybridized carbons (Fsp3) is 0.750. The van der Waals surface area contributed by atoms with Crippen molar-refractivity contribution in [2.75, 3.05) is 11.5 Å². The Morgan fingerprint density at radius 2 is 2.24 bits per heavy atom. The second-order valence-corrected chi connectivity index (χ2v) is 6.29. The number of rotatable bonds is 4. The molecule has 0 aliphatic carbocycles. The van der Waals surface area contributed by atoms with Crippen molar-refractivity contribution in [1.82, 2.24) is 15.1 Å².